The molecule has 0 saturated carbocycles. The van der Waals surface area contributed by atoms with Crippen molar-refractivity contribution < 1.29 is 43.3 Å². The summed E-state index contributed by atoms with van der Waals surface area (Å²) in [5.41, 5.74) is 6.18. The summed E-state index contributed by atoms with van der Waals surface area (Å²) < 4.78 is 20.5. The highest BCUT2D eigenvalue weighted by atomic mass is 16.9. The number of azide groups is 1. The molecule has 5 unspecified atom stereocenters. The van der Waals surface area contributed by atoms with Gasteiger partial charge >= 0.3 is 23.9 Å². The Balaban J connectivity index is 3.49. The van der Waals surface area contributed by atoms with Gasteiger partial charge in [-0.15, -0.1) is 0 Å². The molecule has 0 aromatic heterocycles. The molecule has 0 aromatic rings. The highest BCUT2D eigenvalue weighted by molar-refractivity contribution is 5.69. The van der Waals surface area contributed by atoms with Crippen LogP contribution < -0.4 is 0 Å². The van der Waals surface area contributed by atoms with Crippen molar-refractivity contribution in [1.29, 1.82) is 0 Å². The molecule has 1 aliphatic rings. The standard InChI is InChI=1S/C13H19N3O9/c1-6-10(21-7(2)17)11(22-8(3)18)12(5,24-9(4)19)13(20,23-6)25-16-15-14/h6,10-11,20H,1-5H3. The predicted octanol–water partition coefficient (Wildman–Crippen LogP) is 0.478. The average molecular weight is 361 g/mol. The van der Waals surface area contributed by atoms with Gasteiger partial charge in [-0.1, -0.05) is 0 Å². The van der Waals surface area contributed by atoms with E-state index >= 15 is 0 Å². The van der Waals surface area contributed by atoms with Crippen molar-refractivity contribution in [3.8, 4) is 0 Å². The smallest absolute Gasteiger partial charge is 0.377 e. The largest absolute Gasteiger partial charge is 0.456 e. The Labute approximate surface area is 142 Å². The highest BCUT2D eigenvalue weighted by Crippen LogP contribution is 2.43. The van der Waals surface area contributed by atoms with Gasteiger partial charge in [0.1, 0.15) is 11.4 Å². The number of esters is 3. The fourth-order valence-corrected chi connectivity index (χ4v) is 2.49. The van der Waals surface area contributed by atoms with Gasteiger partial charge in [-0.05, 0) is 19.4 Å². The minimum Gasteiger partial charge on any atom is -0.456 e. The monoisotopic (exact) mass is 361 g/mol. The van der Waals surface area contributed by atoms with E-state index in [2.05, 4.69) is 15.0 Å². The number of ether oxygens (including phenoxy) is 4. The van der Waals surface area contributed by atoms with E-state index in [0.29, 0.717) is 0 Å². The summed E-state index contributed by atoms with van der Waals surface area (Å²) in [4.78, 5) is 41.3. The summed E-state index contributed by atoms with van der Waals surface area (Å²) in [7, 11) is 0. The van der Waals surface area contributed by atoms with Crippen LogP contribution in [-0.4, -0.2) is 52.9 Å². The van der Waals surface area contributed by atoms with Crippen LogP contribution in [0.4, 0.5) is 0 Å². The summed E-state index contributed by atoms with van der Waals surface area (Å²) in [5.74, 6) is -5.27. The highest BCUT2D eigenvalue weighted by Gasteiger charge is 2.69. The first-order valence-corrected chi connectivity index (χ1v) is 7.13. The van der Waals surface area contributed by atoms with Gasteiger partial charge in [0.25, 0.3) is 0 Å². The Bertz CT molecular complexity index is 606. The van der Waals surface area contributed by atoms with Gasteiger partial charge in [0.15, 0.2) is 12.2 Å². The zero-order chi connectivity index (χ0) is 19.4. The first-order chi connectivity index (χ1) is 11.5. The summed E-state index contributed by atoms with van der Waals surface area (Å²) in [6.45, 7) is 5.67. The Hall–Kier alpha value is -2.56. The van der Waals surface area contributed by atoms with E-state index in [4.69, 9.17) is 24.5 Å². The Kier molecular flexibility index (Phi) is 6.19. The molecular weight excluding hydrogens is 342 g/mol. The molecule has 140 valence electrons. The minimum atomic E-state index is -2.82. The van der Waals surface area contributed by atoms with E-state index in [1.165, 1.54) is 6.92 Å². The molecule has 1 rings (SSSR count). The summed E-state index contributed by atoms with van der Waals surface area (Å²) >= 11 is 0. The second kappa shape index (κ2) is 7.55. The van der Waals surface area contributed by atoms with Crippen molar-refractivity contribution in [3.05, 3.63) is 10.4 Å². The molecule has 12 nitrogen and oxygen atoms in total. The van der Waals surface area contributed by atoms with Crippen LogP contribution in [0.2, 0.25) is 0 Å². The number of carbonyl (C=O) groups excluding carboxylic acids is 3. The number of aliphatic hydroxyl groups is 1. The lowest BCUT2D eigenvalue weighted by Crippen LogP contribution is -2.74. The average Bonchev–Trinajstić information content (AvgIpc) is 2.45. The number of nitrogens with zero attached hydrogens (tertiary/aromatic N) is 3. The fraction of sp³-hybridized carbons (Fsp3) is 0.769. The van der Waals surface area contributed by atoms with E-state index in [0.717, 1.165) is 27.7 Å². The maximum atomic E-state index is 11.5. The van der Waals surface area contributed by atoms with E-state index in [-0.39, 0.29) is 0 Å². The maximum Gasteiger partial charge on any atom is 0.377 e. The van der Waals surface area contributed by atoms with Gasteiger partial charge in [-0.2, -0.15) is 0 Å². The molecule has 1 N–H and O–H groups in total. The Morgan fingerprint density at radius 1 is 1.16 bits per heavy atom. The number of rotatable bonds is 5. The summed E-state index contributed by atoms with van der Waals surface area (Å²) in [6.07, 6.45) is -3.86. The molecule has 12 heteroatoms. The molecule has 0 amide bonds. The van der Waals surface area contributed by atoms with Gasteiger partial charge in [-0.3, -0.25) is 14.4 Å². The van der Waals surface area contributed by atoms with Crippen LogP contribution >= 0.6 is 0 Å². The zero-order valence-electron chi connectivity index (χ0n) is 14.3. The summed E-state index contributed by atoms with van der Waals surface area (Å²) in [5, 5.41) is 13.4. The van der Waals surface area contributed by atoms with Crippen LogP contribution in [0.3, 0.4) is 0 Å². The Morgan fingerprint density at radius 3 is 2.16 bits per heavy atom. The lowest BCUT2D eigenvalue weighted by Gasteiger charge is -2.51. The molecule has 0 bridgehead atoms. The van der Waals surface area contributed by atoms with Gasteiger partial charge in [0.05, 0.1) is 0 Å². The lowest BCUT2D eigenvalue weighted by molar-refractivity contribution is -0.473. The van der Waals surface area contributed by atoms with Crippen LogP contribution in [0, 0.1) is 0 Å². The molecule has 25 heavy (non-hydrogen) atoms. The van der Waals surface area contributed by atoms with E-state index in [1.54, 1.807) is 0 Å². The van der Waals surface area contributed by atoms with Crippen LogP contribution in [0.5, 0.6) is 0 Å². The van der Waals surface area contributed by atoms with Crippen LogP contribution in [0.25, 0.3) is 10.4 Å². The van der Waals surface area contributed by atoms with Gasteiger partial charge in [-0.25, -0.2) is 0 Å². The van der Waals surface area contributed by atoms with Gasteiger partial charge in [0, 0.05) is 25.7 Å². The van der Waals surface area contributed by atoms with Gasteiger partial charge < -0.3 is 28.9 Å². The first kappa shape index (κ1) is 20.5. The summed E-state index contributed by atoms with van der Waals surface area (Å²) in [6, 6.07) is 0. The third-order valence-corrected chi connectivity index (χ3v) is 3.43. The second-order valence-electron chi connectivity index (χ2n) is 5.47. The van der Waals surface area contributed by atoms with Crippen LogP contribution in [0.15, 0.2) is 5.28 Å². The van der Waals surface area contributed by atoms with Crippen molar-refractivity contribution in [3.63, 3.8) is 0 Å². The third-order valence-electron chi connectivity index (χ3n) is 3.43. The van der Waals surface area contributed by atoms with Crippen LogP contribution in [-0.2, 0) is 38.2 Å². The second-order valence-corrected chi connectivity index (χ2v) is 5.47. The molecule has 1 aliphatic heterocycles. The van der Waals surface area contributed by atoms with Crippen molar-refractivity contribution >= 4 is 17.9 Å². The van der Waals surface area contributed by atoms with E-state index in [1.807, 2.05) is 0 Å². The van der Waals surface area contributed by atoms with Crippen molar-refractivity contribution in [2.45, 2.75) is 64.5 Å². The fourth-order valence-electron chi connectivity index (χ4n) is 2.49. The predicted molar refractivity (Wildman–Crippen MR) is 77.0 cm³/mol. The number of carbonyl (C=O) groups is 3. The molecule has 1 heterocycles. The van der Waals surface area contributed by atoms with Crippen molar-refractivity contribution in [1.82, 2.24) is 0 Å². The Morgan fingerprint density at radius 2 is 1.72 bits per heavy atom. The normalized spacial score (nSPS) is 34.2. The van der Waals surface area contributed by atoms with Crippen molar-refractivity contribution in [2.24, 2.45) is 5.28 Å². The van der Waals surface area contributed by atoms with Crippen molar-refractivity contribution in [2.75, 3.05) is 0 Å². The molecule has 0 aliphatic carbocycles. The third kappa shape index (κ3) is 4.29. The SMILES string of the molecule is CC(=O)OC1C(C)OC(O)(ON=[N+]=[N-])C(C)(OC(C)=O)C1OC(C)=O. The topological polar surface area (TPSA) is 166 Å². The van der Waals surface area contributed by atoms with Crippen LogP contribution in [0.1, 0.15) is 34.6 Å². The molecule has 1 fully saturated rings. The molecule has 0 radical (unpaired) electrons. The van der Waals surface area contributed by atoms with Gasteiger partial charge in [0.2, 0.25) is 5.60 Å². The molecule has 5 atom stereocenters. The molecule has 0 aromatic carbocycles. The van der Waals surface area contributed by atoms with E-state index < -0.39 is 47.8 Å². The number of hydrogen-bond acceptors (Lipinski definition) is 10. The lowest BCUT2D eigenvalue weighted by atomic mass is 9.85. The molecule has 0 spiro atoms. The zero-order valence-corrected chi connectivity index (χ0v) is 14.3. The maximum absolute atomic E-state index is 11.5. The van der Waals surface area contributed by atoms with E-state index in [9.17, 15) is 19.5 Å². The first-order valence-electron chi connectivity index (χ1n) is 7.13. The quantitative estimate of drug-likeness (QED) is 0.139. The molecular formula is C13H19N3O9. The minimum absolute atomic E-state index is 0.732. The molecule has 1 saturated heterocycles. The number of hydrogen-bond donors (Lipinski definition) is 1.